The van der Waals surface area contributed by atoms with E-state index in [9.17, 15) is 4.79 Å². The van der Waals surface area contributed by atoms with Crippen molar-refractivity contribution in [3.8, 4) is 0 Å². The predicted octanol–water partition coefficient (Wildman–Crippen LogP) is 1.45. The van der Waals surface area contributed by atoms with Crippen molar-refractivity contribution in [2.24, 2.45) is 5.92 Å². The molecule has 3 unspecified atom stereocenters. The SMILES string of the molecule is CCC(=O)C1CC2CC2N1CC. The van der Waals surface area contributed by atoms with E-state index in [2.05, 4.69) is 11.8 Å². The zero-order chi connectivity index (χ0) is 8.72. The van der Waals surface area contributed by atoms with Gasteiger partial charge in [0.2, 0.25) is 0 Å². The molecule has 0 N–H and O–H groups in total. The molecule has 1 saturated heterocycles. The minimum Gasteiger partial charge on any atom is -0.298 e. The monoisotopic (exact) mass is 167 g/mol. The van der Waals surface area contributed by atoms with Crippen LogP contribution in [0.5, 0.6) is 0 Å². The maximum atomic E-state index is 11.5. The molecular formula is C10H17NO. The maximum Gasteiger partial charge on any atom is 0.149 e. The smallest absolute Gasteiger partial charge is 0.149 e. The van der Waals surface area contributed by atoms with Crippen LogP contribution < -0.4 is 0 Å². The number of fused-ring (bicyclic) bond motifs is 1. The van der Waals surface area contributed by atoms with Crippen molar-refractivity contribution in [3.63, 3.8) is 0 Å². The molecular weight excluding hydrogens is 150 g/mol. The Labute approximate surface area is 73.9 Å². The predicted molar refractivity (Wildman–Crippen MR) is 48.0 cm³/mol. The van der Waals surface area contributed by atoms with Crippen molar-refractivity contribution >= 4 is 5.78 Å². The van der Waals surface area contributed by atoms with E-state index in [1.807, 2.05) is 6.92 Å². The van der Waals surface area contributed by atoms with Gasteiger partial charge in [0.25, 0.3) is 0 Å². The van der Waals surface area contributed by atoms with Crippen molar-refractivity contribution in [1.82, 2.24) is 4.90 Å². The number of hydrogen-bond acceptors (Lipinski definition) is 2. The molecule has 2 rings (SSSR count). The Hall–Kier alpha value is -0.370. The molecule has 1 saturated carbocycles. The van der Waals surface area contributed by atoms with Crippen LogP contribution in [0.3, 0.4) is 0 Å². The van der Waals surface area contributed by atoms with Gasteiger partial charge in [-0.25, -0.2) is 0 Å². The Morgan fingerprint density at radius 3 is 2.75 bits per heavy atom. The summed E-state index contributed by atoms with van der Waals surface area (Å²) in [5.74, 6) is 1.31. The second kappa shape index (κ2) is 2.84. The van der Waals surface area contributed by atoms with E-state index in [0.717, 1.165) is 24.9 Å². The fourth-order valence-electron chi connectivity index (χ4n) is 2.55. The van der Waals surface area contributed by atoms with E-state index >= 15 is 0 Å². The van der Waals surface area contributed by atoms with Gasteiger partial charge in [-0.2, -0.15) is 0 Å². The number of carbonyl (C=O) groups is 1. The molecule has 0 aromatic heterocycles. The Morgan fingerprint density at radius 1 is 1.42 bits per heavy atom. The normalized spacial score (nSPS) is 39.7. The fraction of sp³-hybridized carbons (Fsp3) is 0.900. The summed E-state index contributed by atoms with van der Waals surface area (Å²) in [4.78, 5) is 13.9. The van der Waals surface area contributed by atoms with Gasteiger partial charge in [-0.3, -0.25) is 9.69 Å². The van der Waals surface area contributed by atoms with Crippen LogP contribution in [0, 0.1) is 5.92 Å². The summed E-state index contributed by atoms with van der Waals surface area (Å²) in [6.07, 6.45) is 3.20. The molecule has 2 aliphatic rings. The highest BCUT2D eigenvalue weighted by atomic mass is 16.1. The van der Waals surface area contributed by atoms with Gasteiger partial charge in [0.1, 0.15) is 5.78 Å². The van der Waals surface area contributed by atoms with Crippen LogP contribution in [0.4, 0.5) is 0 Å². The highest BCUT2D eigenvalue weighted by Crippen LogP contribution is 2.47. The van der Waals surface area contributed by atoms with Crippen LogP contribution in [0.15, 0.2) is 0 Å². The molecule has 0 bridgehead atoms. The fourth-order valence-corrected chi connectivity index (χ4v) is 2.55. The maximum absolute atomic E-state index is 11.5. The van der Waals surface area contributed by atoms with Gasteiger partial charge in [-0.1, -0.05) is 13.8 Å². The number of ketones is 1. The third kappa shape index (κ3) is 1.09. The molecule has 1 aliphatic heterocycles. The largest absolute Gasteiger partial charge is 0.298 e. The number of hydrogen-bond donors (Lipinski definition) is 0. The lowest BCUT2D eigenvalue weighted by Gasteiger charge is -2.24. The van der Waals surface area contributed by atoms with Crippen molar-refractivity contribution in [3.05, 3.63) is 0 Å². The number of likely N-dealkylation sites (tertiary alicyclic amines) is 1. The minimum absolute atomic E-state index is 0.281. The lowest BCUT2D eigenvalue weighted by atomic mass is 10.1. The van der Waals surface area contributed by atoms with Crippen molar-refractivity contribution in [1.29, 1.82) is 0 Å². The average Bonchev–Trinajstić information content (AvgIpc) is 2.77. The summed E-state index contributed by atoms with van der Waals surface area (Å²) in [7, 11) is 0. The summed E-state index contributed by atoms with van der Waals surface area (Å²) >= 11 is 0. The number of Topliss-reactive ketones (excluding diaryl/α,β-unsaturated/α-hetero) is 1. The first-order chi connectivity index (χ1) is 5.77. The Balaban J connectivity index is 2.02. The summed E-state index contributed by atoms with van der Waals surface area (Å²) in [6.45, 7) is 5.19. The van der Waals surface area contributed by atoms with Crippen LogP contribution in [-0.4, -0.2) is 29.3 Å². The van der Waals surface area contributed by atoms with E-state index in [4.69, 9.17) is 0 Å². The molecule has 2 fully saturated rings. The minimum atomic E-state index is 0.281. The van der Waals surface area contributed by atoms with E-state index < -0.39 is 0 Å². The van der Waals surface area contributed by atoms with Crippen molar-refractivity contribution in [2.45, 2.75) is 45.2 Å². The van der Waals surface area contributed by atoms with E-state index in [1.165, 1.54) is 6.42 Å². The van der Waals surface area contributed by atoms with Gasteiger partial charge in [-0.05, 0) is 25.3 Å². The van der Waals surface area contributed by atoms with Crippen molar-refractivity contribution < 1.29 is 4.79 Å². The van der Waals surface area contributed by atoms with Crippen LogP contribution in [0.2, 0.25) is 0 Å². The van der Waals surface area contributed by atoms with E-state index in [1.54, 1.807) is 0 Å². The standard InChI is InChI=1S/C10H17NO/c1-3-10(12)9-6-7-5-8(7)11(9)4-2/h7-9H,3-6H2,1-2H3. The van der Waals surface area contributed by atoms with E-state index in [-0.39, 0.29) is 6.04 Å². The van der Waals surface area contributed by atoms with Crippen LogP contribution in [0.25, 0.3) is 0 Å². The number of rotatable bonds is 3. The summed E-state index contributed by atoms with van der Waals surface area (Å²) in [5.41, 5.74) is 0. The number of piperidine rings is 1. The highest BCUT2D eigenvalue weighted by molar-refractivity contribution is 5.84. The number of likely N-dealkylation sites (N-methyl/N-ethyl adjacent to an activating group) is 1. The Morgan fingerprint density at radius 2 is 2.17 bits per heavy atom. The summed E-state index contributed by atoms with van der Waals surface area (Å²) in [6, 6.07) is 1.05. The van der Waals surface area contributed by atoms with Gasteiger partial charge in [0, 0.05) is 12.5 Å². The van der Waals surface area contributed by atoms with Gasteiger partial charge < -0.3 is 0 Å². The molecule has 0 amide bonds. The van der Waals surface area contributed by atoms with Gasteiger partial charge in [-0.15, -0.1) is 0 Å². The molecule has 0 spiro atoms. The molecule has 2 nitrogen and oxygen atoms in total. The average molecular weight is 167 g/mol. The molecule has 0 aromatic rings. The first kappa shape index (κ1) is 8.24. The second-order valence-electron chi connectivity index (χ2n) is 3.96. The lowest BCUT2D eigenvalue weighted by molar-refractivity contribution is -0.123. The van der Waals surface area contributed by atoms with Gasteiger partial charge in [0.15, 0.2) is 0 Å². The first-order valence-electron chi connectivity index (χ1n) is 5.06. The highest BCUT2D eigenvalue weighted by Gasteiger charge is 2.52. The zero-order valence-corrected chi connectivity index (χ0v) is 7.92. The first-order valence-corrected chi connectivity index (χ1v) is 5.06. The molecule has 0 radical (unpaired) electrons. The van der Waals surface area contributed by atoms with Crippen molar-refractivity contribution in [2.75, 3.05) is 6.54 Å². The van der Waals surface area contributed by atoms with Crippen LogP contribution in [0.1, 0.15) is 33.1 Å². The molecule has 68 valence electrons. The quantitative estimate of drug-likeness (QED) is 0.634. The number of nitrogens with zero attached hydrogens (tertiary/aromatic N) is 1. The molecule has 1 aliphatic carbocycles. The molecule has 1 heterocycles. The molecule has 12 heavy (non-hydrogen) atoms. The second-order valence-corrected chi connectivity index (χ2v) is 3.96. The third-order valence-electron chi connectivity index (χ3n) is 3.32. The molecule has 2 heteroatoms. The Bertz CT molecular complexity index is 202. The topological polar surface area (TPSA) is 20.3 Å². The van der Waals surface area contributed by atoms with Gasteiger partial charge >= 0.3 is 0 Å². The lowest BCUT2D eigenvalue weighted by Crippen LogP contribution is -2.38. The van der Waals surface area contributed by atoms with Gasteiger partial charge in [0.05, 0.1) is 6.04 Å². The third-order valence-corrected chi connectivity index (χ3v) is 3.32. The van der Waals surface area contributed by atoms with Crippen LogP contribution >= 0.6 is 0 Å². The summed E-state index contributed by atoms with van der Waals surface area (Å²) < 4.78 is 0. The van der Waals surface area contributed by atoms with Crippen LogP contribution in [-0.2, 0) is 4.79 Å². The molecule has 0 aromatic carbocycles. The van der Waals surface area contributed by atoms with E-state index in [0.29, 0.717) is 12.2 Å². The number of carbonyl (C=O) groups excluding carboxylic acids is 1. The zero-order valence-electron chi connectivity index (χ0n) is 7.92. The Kier molecular flexibility index (Phi) is 1.95. The molecule has 3 atom stereocenters. The summed E-state index contributed by atoms with van der Waals surface area (Å²) in [5, 5.41) is 0.